The fourth-order valence-corrected chi connectivity index (χ4v) is 0.929. The molecule has 17 heavy (non-hydrogen) atoms. The van der Waals surface area contributed by atoms with E-state index in [4.69, 9.17) is 9.47 Å². The molecule has 0 bridgehead atoms. The highest BCUT2D eigenvalue weighted by Gasteiger charge is 2.19. The van der Waals surface area contributed by atoms with Gasteiger partial charge in [0.2, 0.25) is 0 Å². The van der Waals surface area contributed by atoms with Crippen LogP contribution < -0.4 is 0 Å². The molecule has 0 heterocycles. The predicted molar refractivity (Wildman–Crippen MR) is 65.4 cm³/mol. The van der Waals surface area contributed by atoms with Crippen LogP contribution in [0, 0.1) is 0 Å². The van der Waals surface area contributed by atoms with Gasteiger partial charge in [-0.05, 0) is 27.2 Å². The summed E-state index contributed by atoms with van der Waals surface area (Å²) >= 11 is 0. The molecule has 0 fully saturated rings. The number of hydrogen-bond acceptors (Lipinski definition) is 4. The average molecular weight is 240 g/mol. The van der Waals surface area contributed by atoms with E-state index in [2.05, 4.69) is 13.2 Å². The molecule has 0 N–H and O–H groups in total. The Morgan fingerprint density at radius 1 is 1.24 bits per heavy atom. The van der Waals surface area contributed by atoms with Crippen LogP contribution in [0.1, 0.15) is 33.6 Å². The molecule has 0 atom stereocenters. The molecule has 0 aromatic carbocycles. The Labute approximate surface area is 102 Å². The number of esters is 2. The zero-order chi connectivity index (χ0) is 13.5. The molecule has 0 aliphatic carbocycles. The maximum atomic E-state index is 11.5. The molecule has 0 spiro atoms. The monoisotopic (exact) mass is 240 g/mol. The quantitative estimate of drug-likeness (QED) is 0.406. The summed E-state index contributed by atoms with van der Waals surface area (Å²) in [6.07, 6.45) is 1.84. The minimum Gasteiger partial charge on any atom is -0.461 e. The van der Waals surface area contributed by atoms with Crippen LogP contribution in [0.5, 0.6) is 0 Å². The summed E-state index contributed by atoms with van der Waals surface area (Å²) in [5, 5.41) is 0. The van der Waals surface area contributed by atoms with Crippen LogP contribution in [-0.4, -0.2) is 24.1 Å². The minimum atomic E-state index is -0.552. The maximum Gasteiger partial charge on any atom is 0.333 e. The topological polar surface area (TPSA) is 52.6 Å². The van der Waals surface area contributed by atoms with E-state index in [0.29, 0.717) is 0 Å². The molecule has 96 valence electrons. The number of ether oxygens (including phenoxy) is 2. The van der Waals surface area contributed by atoms with Crippen LogP contribution in [0.3, 0.4) is 0 Å². The number of hydrogen-bond donors (Lipinski definition) is 0. The van der Waals surface area contributed by atoms with Crippen LogP contribution >= 0.6 is 0 Å². The molecule has 0 aliphatic heterocycles. The second kappa shape index (κ2) is 6.89. The summed E-state index contributed by atoms with van der Waals surface area (Å²) in [4.78, 5) is 22.6. The summed E-state index contributed by atoms with van der Waals surface area (Å²) in [7, 11) is 0. The van der Waals surface area contributed by atoms with Gasteiger partial charge in [0, 0.05) is 12.0 Å². The van der Waals surface area contributed by atoms with Crippen molar-refractivity contribution < 1.29 is 19.1 Å². The van der Waals surface area contributed by atoms with E-state index >= 15 is 0 Å². The summed E-state index contributed by atoms with van der Waals surface area (Å²) in [6, 6.07) is 0. The summed E-state index contributed by atoms with van der Waals surface area (Å²) in [5.74, 6) is -0.858. The van der Waals surface area contributed by atoms with Crippen molar-refractivity contribution in [2.24, 2.45) is 0 Å². The normalized spacial score (nSPS) is 10.5. The molecule has 0 radical (unpaired) electrons. The van der Waals surface area contributed by atoms with Gasteiger partial charge in [0.25, 0.3) is 0 Å². The van der Waals surface area contributed by atoms with Gasteiger partial charge in [0.05, 0.1) is 0 Å². The van der Waals surface area contributed by atoms with Gasteiger partial charge in [-0.15, -0.1) is 0 Å². The third-order valence-electron chi connectivity index (χ3n) is 1.68. The second-order valence-electron chi connectivity index (χ2n) is 4.58. The molecule has 0 aromatic rings. The molecule has 0 unspecified atom stereocenters. The molecular weight excluding hydrogens is 220 g/mol. The maximum absolute atomic E-state index is 11.5. The van der Waals surface area contributed by atoms with Gasteiger partial charge in [-0.2, -0.15) is 0 Å². The van der Waals surface area contributed by atoms with Crippen molar-refractivity contribution in [3.05, 3.63) is 24.8 Å². The van der Waals surface area contributed by atoms with E-state index in [0.717, 1.165) is 0 Å². The van der Waals surface area contributed by atoms with Gasteiger partial charge in [-0.3, -0.25) is 4.79 Å². The lowest BCUT2D eigenvalue weighted by molar-refractivity contribution is -0.150. The Morgan fingerprint density at radius 3 is 2.29 bits per heavy atom. The first-order valence-electron chi connectivity index (χ1n) is 5.44. The molecule has 0 amide bonds. The van der Waals surface area contributed by atoms with Gasteiger partial charge >= 0.3 is 11.9 Å². The molecule has 0 saturated heterocycles. The Hall–Kier alpha value is -1.58. The standard InChI is InChI=1S/C13H20O4/c1-6-9-16-11(14)8-7-10(2)12(15)17-13(3,4)5/h6H,1-2,7-9H2,3-5H3. The van der Waals surface area contributed by atoms with Crippen molar-refractivity contribution in [1.29, 1.82) is 0 Å². The van der Waals surface area contributed by atoms with Crippen molar-refractivity contribution in [2.45, 2.75) is 39.2 Å². The summed E-state index contributed by atoms with van der Waals surface area (Å²) < 4.78 is 9.88. The minimum absolute atomic E-state index is 0.117. The van der Waals surface area contributed by atoms with E-state index in [1.165, 1.54) is 6.08 Å². The van der Waals surface area contributed by atoms with Crippen molar-refractivity contribution in [3.8, 4) is 0 Å². The van der Waals surface area contributed by atoms with E-state index < -0.39 is 11.6 Å². The van der Waals surface area contributed by atoms with Crippen LogP contribution in [0.15, 0.2) is 24.8 Å². The highest BCUT2D eigenvalue weighted by Crippen LogP contribution is 2.13. The molecule has 0 rings (SSSR count). The molecule has 0 aromatic heterocycles. The highest BCUT2D eigenvalue weighted by atomic mass is 16.6. The van der Waals surface area contributed by atoms with E-state index in [-0.39, 0.29) is 31.0 Å². The van der Waals surface area contributed by atoms with Crippen LogP contribution in [-0.2, 0) is 19.1 Å². The molecule has 0 aliphatic rings. The van der Waals surface area contributed by atoms with Gasteiger partial charge in [-0.25, -0.2) is 4.79 Å². The van der Waals surface area contributed by atoms with Crippen molar-refractivity contribution in [2.75, 3.05) is 6.61 Å². The first kappa shape index (κ1) is 15.4. The lowest BCUT2D eigenvalue weighted by Gasteiger charge is -2.20. The third kappa shape index (κ3) is 8.25. The summed E-state index contributed by atoms with van der Waals surface area (Å²) in [6.45, 7) is 12.5. The zero-order valence-electron chi connectivity index (χ0n) is 10.7. The lowest BCUT2D eigenvalue weighted by Crippen LogP contribution is -2.24. The lowest BCUT2D eigenvalue weighted by atomic mass is 10.1. The Balaban J connectivity index is 3.98. The van der Waals surface area contributed by atoms with Gasteiger partial charge < -0.3 is 9.47 Å². The molecular formula is C13H20O4. The van der Waals surface area contributed by atoms with Crippen LogP contribution in [0.4, 0.5) is 0 Å². The third-order valence-corrected chi connectivity index (χ3v) is 1.68. The second-order valence-corrected chi connectivity index (χ2v) is 4.58. The van der Waals surface area contributed by atoms with E-state index in [1.807, 2.05) is 0 Å². The largest absolute Gasteiger partial charge is 0.461 e. The van der Waals surface area contributed by atoms with E-state index in [9.17, 15) is 9.59 Å². The smallest absolute Gasteiger partial charge is 0.333 e. The SMILES string of the molecule is C=CCOC(=O)CCC(=C)C(=O)OC(C)(C)C. The highest BCUT2D eigenvalue weighted by molar-refractivity contribution is 5.88. The van der Waals surface area contributed by atoms with Gasteiger partial charge in [0.15, 0.2) is 0 Å². The van der Waals surface area contributed by atoms with Crippen molar-refractivity contribution in [1.82, 2.24) is 0 Å². The van der Waals surface area contributed by atoms with E-state index in [1.54, 1.807) is 20.8 Å². The average Bonchev–Trinajstić information content (AvgIpc) is 2.20. The fraction of sp³-hybridized carbons (Fsp3) is 0.538. The predicted octanol–water partition coefficient (Wildman–Crippen LogP) is 2.39. The van der Waals surface area contributed by atoms with Gasteiger partial charge in [-0.1, -0.05) is 19.2 Å². The van der Waals surface area contributed by atoms with Crippen LogP contribution in [0.25, 0.3) is 0 Å². The number of rotatable bonds is 6. The molecule has 4 heteroatoms. The van der Waals surface area contributed by atoms with Crippen LogP contribution in [0.2, 0.25) is 0 Å². The molecule has 0 saturated carbocycles. The summed E-state index contributed by atoms with van der Waals surface area (Å²) in [5.41, 5.74) is -0.279. The van der Waals surface area contributed by atoms with Crippen molar-refractivity contribution >= 4 is 11.9 Å². The molecule has 4 nitrogen and oxygen atoms in total. The van der Waals surface area contributed by atoms with Gasteiger partial charge in [0.1, 0.15) is 12.2 Å². The first-order valence-corrected chi connectivity index (χ1v) is 5.44. The number of carbonyl (C=O) groups is 2. The Bertz CT molecular complexity index is 310. The zero-order valence-corrected chi connectivity index (χ0v) is 10.7. The Morgan fingerprint density at radius 2 is 1.82 bits per heavy atom. The number of carbonyl (C=O) groups excluding carboxylic acids is 2. The fourth-order valence-electron chi connectivity index (χ4n) is 0.929. The van der Waals surface area contributed by atoms with Crippen molar-refractivity contribution in [3.63, 3.8) is 0 Å². The Kier molecular flexibility index (Phi) is 6.25. The first-order chi connectivity index (χ1) is 7.76.